The maximum absolute atomic E-state index is 11.3. The Morgan fingerprint density at radius 1 is 1.35 bits per heavy atom. The molecule has 1 heterocycles. The molecule has 1 aromatic heterocycles. The molecule has 0 saturated heterocycles. The second kappa shape index (κ2) is 6.42. The lowest BCUT2D eigenvalue weighted by Gasteiger charge is -2.38. The fourth-order valence-corrected chi connectivity index (χ4v) is 4.34. The van der Waals surface area contributed by atoms with Crippen molar-refractivity contribution in [2.24, 2.45) is 11.3 Å². The van der Waals surface area contributed by atoms with Gasteiger partial charge in [0, 0.05) is 11.3 Å². The zero-order valence-corrected chi connectivity index (χ0v) is 14.6. The molecule has 2 aromatic rings. The average Bonchev–Trinajstić information content (AvgIpc) is 3.15. The molecule has 1 aliphatic carbocycles. The summed E-state index contributed by atoms with van der Waals surface area (Å²) in [6.07, 6.45) is 4.47. The van der Waals surface area contributed by atoms with Crippen LogP contribution in [0.1, 0.15) is 30.7 Å². The number of halogens is 2. The van der Waals surface area contributed by atoms with Gasteiger partial charge >= 0.3 is 0 Å². The van der Waals surface area contributed by atoms with E-state index in [0.29, 0.717) is 18.8 Å². The molecule has 1 aliphatic rings. The van der Waals surface area contributed by atoms with Crippen LogP contribution in [0.4, 0.5) is 0 Å². The molecule has 1 saturated carbocycles. The number of nitrogens with zero attached hydrogens (tertiary/aromatic N) is 3. The van der Waals surface area contributed by atoms with Crippen LogP contribution >= 0.6 is 23.2 Å². The topological polar surface area (TPSA) is 50.9 Å². The molecule has 0 bridgehead atoms. The smallest absolute Gasteiger partial charge is 0.137 e. The Morgan fingerprint density at radius 2 is 2.09 bits per heavy atom. The number of rotatable bonds is 5. The van der Waals surface area contributed by atoms with Crippen LogP contribution in [0.3, 0.4) is 0 Å². The summed E-state index contributed by atoms with van der Waals surface area (Å²) >= 11 is 13.0. The first-order valence-corrected chi connectivity index (χ1v) is 8.74. The van der Waals surface area contributed by atoms with E-state index in [1.807, 2.05) is 37.3 Å². The van der Waals surface area contributed by atoms with E-state index < -0.39 is 11.0 Å². The summed E-state index contributed by atoms with van der Waals surface area (Å²) in [6, 6.07) is 10.0. The minimum absolute atomic E-state index is 0.136. The van der Waals surface area contributed by atoms with Gasteiger partial charge in [-0.15, -0.1) is 23.2 Å². The van der Waals surface area contributed by atoms with Crippen molar-refractivity contribution >= 4 is 23.2 Å². The van der Waals surface area contributed by atoms with Crippen molar-refractivity contribution in [2.45, 2.75) is 37.3 Å². The highest BCUT2D eigenvalue weighted by Gasteiger charge is 2.55. The van der Waals surface area contributed by atoms with Gasteiger partial charge in [-0.1, -0.05) is 37.3 Å². The number of aromatic nitrogens is 3. The quantitative estimate of drug-likeness (QED) is 0.834. The molecule has 4 nitrogen and oxygen atoms in total. The van der Waals surface area contributed by atoms with E-state index >= 15 is 0 Å². The first kappa shape index (κ1) is 16.7. The molecule has 124 valence electrons. The Kier molecular flexibility index (Phi) is 4.68. The van der Waals surface area contributed by atoms with Crippen molar-refractivity contribution in [2.75, 3.05) is 5.88 Å². The molecule has 1 aromatic carbocycles. The van der Waals surface area contributed by atoms with E-state index in [1.54, 1.807) is 11.0 Å². The molecular formula is C17H21Cl2N3O. The standard InChI is InChI=1S/C17H21Cl2N3O/c1-16(9-18)7-14(15(19)13-5-3-2-4-6-13)8-17(16,23)10-22-12-20-11-21-22/h2-6,11-12,14-15,23H,7-10H2,1H3. The Bertz CT molecular complexity index is 637. The molecule has 4 atom stereocenters. The summed E-state index contributed by atoms with van der Waals surface area (Å²) in [5.74, 6) is 0.545. The lowest BCUT2D eigenvalue weighted by molar-refractivity contribution is -0.0575. The molecule has 0 aliphatic heterocycles. The molecule has 0 radical (unpaired) electrons. The first-order chi connectivity index (χ1) is 11.0. The number of alkyl halides is 2. The van der Waals surface area contributed by atoms with Gasteiger partial charge in [0.2, 0.25) is 0 Å². The number of aliphatic hydroxyl groups is 1. The Labute approximate surface area is 146 Å². The van der Waals surface area contributed by atoms with Crippen molar-refractivity contribution in [1.82, 2.24) is 14.8 Å². The highest BCUT2D eigenvalue weighted by atomic mass is 35.5. The van der Waals surface area contributed by atoms with Gasteiger partial charge < -0.3 is 5.11 Å². The van der Waals surface area contributed by atoms with Crippen LogP contribution in [0.2, 0.25) is 0 Å². The fraction of sp³-hybridized carbons (Fsp3) is 0.529. The predicted molar refractivity (Wildman–Crippen MR) is 91.6 cm³/mol. The summed E-state index contributed by atoms with van der Waals surface area (Å²) in [4.78, 5) is 3.95. The van der Waals surface area contributed by atoms with E-state index in [1.165, 1.54) is 6.33 Å². The normalized spacial score (nSPS) is 32.1. The Morgan fingerprint density at radius 3 is 2.70 bits per heavy atom. The molecule has 1 fully saturated rings. The third kappa shape index (κ3) is 3.12. The van der Waals surface area contributed by atoms with E-state index in [2.05, 4.69) is 10.1 Å². The highest BCUT2D eigenvalue weighted by molar-refractivity contribution is 6.21. The van der Waals surface area contributed by atoms with Crippen molar-refractivity contribution in [3.05, 3.63) is 48.5 Å². The third-order valence-electron chi connectivity index (χ3n) is 5.15. The number of hydrogen-bond acceptors (Lipinski definition) is 3. The van der Waals surface area contributed by atoms with Crippen LogP contribution in [-0.4, -0.2) is 31.4 Å². The van der Waals surface area contributed by atoms with Gasteiger partial charge in [0.1, 0.15) is 12.7 Å². The van der Waals surface area contributed by atoms with Crippen molar-refractivity contribution in [1.29, 1.82) is 0 Å². The number of benzene rings is 1. The average molecular weight is 354 g/mol. The molecule has 3 rings (SSSR count). The van der Waals surface area contributed by atoms with Crippen LogP contribution in [0, 0.1) is 11.3 Å². The molecular weight excluding hydrogens is 333 g/mol. The first-order valence-electron chi connectivity index (χ1n) is 7.77. The lowest BCUT2D eigenvalue weighted by Crippen LogP contribution is -2.46. The SMILES string of the molecule is CC1(CCl)CC(C(Cl)c2ccccc2)CC1(O)Cn1cncn1. The van der Waals surface area contributed by atoms with Crippen molar-refractivity contribution < 1.29 is 5.11 Å². The zero-order valence-electron chi connectivity index (χ0n) is 13.1. The summed E-state index contributed by atoms with van der Waals surface area (Å²) in [5, 5.41) is 15.3. The van der Waals surface area contributed by atoms with Crippen molar-refractivity contribution in [3.8, 4) is 0 Å². The second-order valence-corrected chi connectivity index (χ2v) is 7.54. The van der Waals surface area contributed by atoms with E-state index in [0.717, 1.165) is 12.0 Å². The zero-order chi connectivity index (χ0) is 16.5. The largest absolute Gasteiger partial charge is 0.387 e. The van der Waals surface area contributed by atoms with Crippen LogP contribution in [0.5, 0.6) is 0 Å². The van der Waals surface area contributed by atoms with Gasteiger partial charge in [0.15, 0.2) is 0 Å². The van der Waals surface area contributed by atoms with Gasteiger partial charge in [0.25, 0.3) is 0 Å². The van der Waals surface area contributed by atoms with E-state index in [4.69, 9.17) is 23.2 Å². The Balaban J connectivity index is 1.84. The molecule has 6 heteroatoms. The highest BCUT2D eigenvalue weighted by Crippen LogP contribution is 2.55. The molecule has 4 unspecified atom stereocenters. The van der Waals surface area contributed by atoms with Crippen LogP contribution in [0.25, 0.3) is 0 Å². The number of hydrogen-bond donors (Lipinski definition) is 1. The third-order valence-corrected chi connectivity index (χ3v) is 6.35. The molecule has 23 heavy (non-hydrogen) atoms. The summed E-state index contributed by atoms with van der Waals surface area (Å²) in [5.41, 5.74) is -0.275. The molecule has 0 spiro atoms. The maximum atomic E-state index is 11.3. The summed E-state index contributed by atoms with van der Waals surface area (Å²) in [6.45, 7) is 2.41. The van der Waals surface area contributed by atoms with Crippen LogP contribution in [-0.2, 0) is 6.54 Å². The monoisotopic (exact) mass is 353 g/mol. The van der Waals surface area contributed by atoms with Crippen molar-refractivity contribution in [3.63, 3.8) is 0 Å². The molecule has 0 amide bonds. The second-order valence-electron chi connectivity index (χ2n) is 6.80. The van der Waals surface area contributed by atoms with Gasteiger partial charge in [-0.2, -0.15) is 5.10 Å². The van der Waals surface area contributed by atoms with Crippen LogP contribution < -0.4 is 0 Å². The Hall–Kier alpha value is -1.10. The van der Waals surface area contributed by atoms with E-state index in [-0.39, 0.29) is 11.3 Å². The van der Waals surface area contributed by atoms with Gasteiger partial charge in [-0.3, -0.25) is 4.68 Å². The lowest BCUT2D eigenvalue weighted by atomic mass is 9.77. The maximum Gasteiger partial charge on any atom is 0.137 e. The van der Waals surface area contributed by atoms with Gasteiger partial charge in [-0.05, 0) is 24.3 Å². The minimum atomic E-state index is -0.949. The predicted octanol–water partition coefficient (Wildman–Crippen LogP) is 3.64. The molecule has 1 N–H and O–H groups in total. The minimum Gasteiger partial charge on any atom is -0.387 e. The van der Waals surface area contributed by atoms with E-state index in [9.17, 15) is 5.11 Å². The van der Waals surface area contributed by atoms with Gasteiger partial charge in [-0.25, -0.2) is 4.98 Å². The summed E-state index contributed by atoms with van der Waals surface area (Å²) < 4.78 is 1.67. The van der Waals surface area contributed by atoms with Gasteiger partial charge in [0.05, 0.1) is 17.5 Å². The summed E-state index contributed by atoms with van der Waals surface area (Å²) in [7, 11) is 0. The van der Waals surface area contributed by atoms with Crippen LogP contribution in [0.15, 0.2) is 43.0 Å². The fourth-order valence-electron chi connectivity index (χ4n) is 3.65.